The number of nitrogens with zero attached hydrogens (tertiary/aromatic N) is 1. The van der Waals surface area contributed by atoms with E-state index < -0.39 is 5.60 Å². The van der Waals surface area contributed by atoms with Crippen LogP contribution in [0.15, 0.2) is 54.6 Å². The van der Waals surface area contributed by atoms with Crippen LogP contribution < -0.4 is 15.4 Å². The number of carbonyl (C=O) groups excluding carboxylic acids is 1. The topological polar surface area (TPSA) is 64.8 Å². The molecule has 0 radical (unpaired) electrons. The molecule has 5 heteroatoms. The summed E-state index contributed by atoms with van der Waals surface area (Å²) in [6, 6.07) is 17.8. The van der Waals surface area contributed by atoms with Crippen molar-refractivity contribution in [1.82, 2.24) is 0 Å². The summed E-state index contributed by atoms with van der Waals surface area (Å²) in [5.74, 6) is 1.25. The maximum absolute atomic E-state index is 13.7. The second kappa shape index (κ2) is 10.1. The van der Waals surface area contributed by atoms with Gasteiger partial charge in [-0.3, -0.25) is 0 Å². The van der Waals surface area contributed by atoms with E-state index in [0.717, 1.165) is 53.9 Å². The van der Waals surface area contributed by atoms with Gasteiger partial charge in [0.2, 0.25) is 0 Å². The normalized spacial score (nSPS) is 15.4. The first kappa shape index (κ1) is 25.2. The molecular weight excluding hydrogens is 460 g/mol. The molecule has 1 atom stereocenters. The monoisotopic (exact) mass is 498 g/mol. The molecule has 0 aromatic heterocycles. The van der Waals surface area contributed by atoms with Crippen LogP contribution in [0.4, 0.5) is 11.4 Å². The summed E-state index contributed by atoms with van der Waals surface area (Å²) in [4.78, 5) is 16.1. The number of rotatable bonds is 9. The second-order valence-electron chi connectivity index (χ2n) is 10.2. The number of hydrogen-bond acceptors (Lipinski definition) is 5. The van der Waals surface area contributed by atoms with Crippen LogP contribution in [0.1, 0.15) is 98.3 Å². The van der Waals surface area contributed by atoms with Crippen LogP contribution in [0.2, 0.25) is 0 Å². The number of nitrogens with two attached hydrogens (primary N) is 1. The maximum Gasteiger partial charge on any atom is 0.342 e. The Balaban J connectivity index is 1.75. The SMILES string of the molecule is CCCCCCC(C)c1c(N(CC)CC)cc2c(c1N)C(=O)OC21c2ccccc2Oc2ccccc21. The van der Waals surface area contributed by atoms with Gasteiger partial charge in [0.1, 0.15) is 11.5 Å². The Bertz CT molecular complexity index is 1270. The number of esters is 1. The van der Waals surface area contributed by atoms with Crippen LogP contribution in [-0.4, -0.2) is 19.1 Å². The third-order valence-corrected chi connectivity index (χ3v) is 8.06. The maximum atomic E-state index is 13.7. The van der Waals surface area contributed by atoms with Crippen LogP contribution in [0.5, 0.6) is 11.5 Å². The average Bonchev–Trinajstić information content (AvgIpc) is 3.20. The van der Waals surface area contributed by atoms with E-state index >= 15 is 0 Å². The summed E-state index contributed by atoms with van der Waals surface area (Å²) >= 11 is 0. The fourth-order valence-electron chi connectivity index (χ4n) is 6.17. The molecule has 194 valence electrons. The lowest BCUT2D eigenvalue weighted by Gasteiger charge is -2.37. The third kappa shape index (κ3) is 3.96. The van der Waals surface area contributed by atoms with E-state index in [1.165, 1.54) is 19.3 Å². The molecule has 5 rings (SSSR count). The molecule has 2 aliphatic rings. The van der Waals surface area contributed by atoms with Crippen molar-refractivity contribution in [3.8, 4) is 11.5 Å². The summed E-state index contributed by atoms with van der Waals surface area (Å²) in [6.45, 7) is 10.5. The third-order valence-electron chi connectivity index (χ3n) is 8.06. The first-order valence-electron chi connectivity index (χ1n) is 13.8. The zero-order valence-corrected chi connectivity index (χ0v) is 22.5. The van der Waals surface area contributed by atoms with E-state index in [1.54, 1.807) is 0 Å². The lowest BCUT2D eigenvalue weighted by atomic mass is 9.76. The standard InChI is InChI=1S/C32H38N2O3/c1-5-8-9-10-15-21(4)28-25(34(6-2)7-3)20-24-29(30(28)33)31(35)37-32(24)22-16-11-13-18-26(22)36-27-19-14-12-17-23(27)32/h11-14,16-21H,5-10,15,33H2,1-4H3. The number of ether oxygens (including phenoxy) is 2. The minimum Gasteiger partial charge on any atom is -0.456 e. The van der Waals surface area contributed by atoms with Crippen molar-refractivity contribution in [3.63, 3.8) is 0 Å². The molecule has 1 spiro atoms. The van der Waals surface area contributed by atoms with Crippen LogP contribution >= 0.6 is 0 Å². The zero-order chi connectivity index (χ0) is 26.2. The number of nitrogen functional groups attached to an aromatic ring is 1. The molecule has 0 fully saturated rings. The van der Waals surface area contributed by atoms with Crippen molar-refractivity contribution >= 4 is 17.3 Å². The highest BCUT2D eigenvalue weighted by Gasteiger charge is 2.54. The zero-order valence-electron chi connectivity index (χ0n) is 22.5. The van der Waals surface area contributed by atoms with Gasteiger partial charge in [0.25, 0.3) is 0 Å². The van der Waals surface area contributed by atoms with Crippen molar-refractivity contribution in [3.05, 3.63) is 82.4 Å². The van der Waals surface area contributed by atoms with Crippen molar-refractivity contribution in [2.45, 2.75) is 71.3 Å². The second-order valence-corrected chi connectivity index (χ2v) is 10.2. The Kier molecular flexibility index (Phi) is 6.89. The quantitative estimate of drug-likeness (QED) is 0.186. The largest absolute Gasteiger partial charge is 0.456 e. The highest BCUT2D eigenvalue weighted by molar-refractivity contribution is 6.04. The van der Waals surface area contributed by atoms with Gasteiger partial charge in [0.15, 0.2) is 5.60 Å². The minimum atomic E-state index is -1.10. The molecule has 5 nitrogen and oxygen atoms in total. The fraction of sp³-hybridized carbons (Fsp3) is 0.406. The Morgan fingerprint density at radius 1 is 0.892 bits per heavy atom. The minimum absolute atomic E-state index is 0.233. The molecular formula is C32H38N2O3. The Morgan fingerprint density at radius 2 is 1.51 bits per heavy atom. The number of benzene rings is 3. The van der Waals surface area contributed by atoms with E-state index in [-0.39, 0.29) is 11.9 Å². The number of hydrogen-bond donors (Lipinski definition) is 1. The molecule has 1 unspecified atom stereocenters. The number of para-hydroxylation sites is 2. The Hall–Kier alpha value is -3.47. The predicted molar refractivity (Wildman–Crippen MR) is 150 cm³/mol. The lowest BCUT2D eigenvalue weighted by molar-refractivity contribution is 0.0225. The summed E-state index contributed by atoms with van der Waals surface area (Å²) in [6.07, 6.45) is 5.85. The molecule has 2 heterocycles. The number of anilines is 2. The average molecular weight is 499 g/mol. The molecule has 0 aliphatic carbocycles. The smallest absolute Gasteiger partial charge is 0.342 e. The van der Waals surface area contributed by atoms with Gasteiger partial charge in [-0.1, -0.05) is 75.9 Å². The fourth-order valence-corrected chi connectivity index (χ4v) is 6.17. The van der Waals surface area contributed by atoms with Crippen molar-refractivity contribution < 1.29 is 14.3 Å². The summed E-state index contributed by atoms with van der Waals surface area (Å²) in [5, 5.41) is 0. The van der Waals surface area contributed by atoms with Gasteiger partial charge in [0.05, 0.1) is 11.3 Å². The van der Waals surface area contributed by atoms with E-state index in [9.17, 15) is 4.79 Å². The highest BCUT2D eigenvalue weighted by atomic mass is 16.6. The van der Waals surface area contributed by atoms with E-state index in [0.29, 0.717) is 22.7 Å². The van der Waals surface area contributed by atoms with Gasteiger partial charge >= 0.3 is 5.97 Å². The van der Waals surface area contributed by atoms with Gasteiger partial charge in [-0.05, 0) is 44.4 Å². The Labute approximate surface area is 220 Å². The summed E-state index contributed by atoms with van der Waals surface area (Å²) < 4.78 is 12.7. The number of carbonyl (C=O) groups is 1. The molecule has 0 bridgehead atoms. The van der Waals surface area contributed by atoms with E-state index in [4.69, 9.17) is 15.2 Å². The van der Waals surface area contributed by atoms with Gasteiger partial charge in [0, 0.05) is 41.0 Å². The van der Waals surface area contributed by atoms with Gasteiger partial charge in [-0.2, -0.15) is 0 Å². The number of unbranched alkanes of at least 4 members (excludes halogenated alkanes) is 3. The summed E-state index contributed by atoms with van der Waals surface area (Å²) in [5.41, 5.74) is 11.6. The van der Waals surface area contributed by atoms with E-state index in [1.807, 2.05) is 48.5 Å². The highest BCUT2D eigenvalue weighted by Crippen LogP contribution is 2.58. The van der Waals surface area contributed by atoms with Gasteiger partial charge < -0.3 is 20.1 Å². The Morgan fingerprint density at radius 3 is 2.11 bits per heavy atom. The number of fused-ring (bicyclic) bond motifs is 6. The van der Waals surface area contributed by atoms with Crippen molar-refractivity contribution in [2.24, 2.45) is 0 Å². The molecule has 2 aliphatic heterocycles. The van der Waals surface area contributed by atoms with Gasteiger partial charge in [-0.25, -0.2) is 4.79 Å². The molecule has 3 aromatic rings. The van der Waals surface area contributed by atoms with Crippen LogP contribution in [-0.2, 0) is 10.3 Å². The van der Waals surface area contributed by atoms with Crippen molar-refractivity contribution in [1.29, 1.82) is 0 Å². The van der Waals surface area contributed by atoms with Crippen molar-refractivity contribution in [2.75, 3.05) is 23.7 Å². The van der Waals surface area contributed by atoms with Gasteiger partial charge in [-0.15, -0.1) is 0 Å². The molecule has 3 aromatic carbocycles. The molecule has 2 N–H and O–H groups in total. The lowest BCUT2D eigenvalue weighted by Crippen LogP contribution is -2.33. The predicted octanol–water partition coefficient (Wildman–Crippen LogP) is 7.76. The van der Waals surface area contributed by atoms with Crippen LogP contribution in [0.25, 0.3) is 0 Å². The summed E-state index contributed by atoms with van der Waals surface area (Å²) in [7, 11) is 0. The van der Waals surface area contributed by atoms with Crippen LogP contribution in [0, 0.1) is 0 Å². The molecule has 0 saturated heterocycles. The van der Waals surface area contributed by atoms with Crippen LogP contribution in [0.3, 0.4) is 0 Å². The van der Waals surface area contributed by atoms with E-state index in [2.05, 4.69) is 38.7 Å². The molecule has 0 saturated carbocycles. The molecule has 0 amide bonds. The first-order chi connectivity index (χ1) is 18.0. The first-order valence-corrected chi connectivity index (χ1v) is 13.8. The molecule has 37 heavy (non-hydrogen) atoms.